The van der Waals surface area contributed by atoms with Crippen molar-refractivity contribution in [3.63, 3.8) is 0 Å². The third-order valence-electron chi connectivity index (χ3n) is 11.6. The first-order chi connectivity index (χ1) is 28.3. The van der Waals surface area contributed by atoms with Gasteiger partial charge in [0.25, 0.3) is 0 Å². The smallest absolute Gasteiger partial charge is 0.132 e. The first-order valence-electron chi connectivity index (χ1n) is 19.7. The molecular formula is C55H41NO. The molecule has 0 fully saturated rings. The highest BCUT2D eigenvalue weighted by atomic mass is 16.5. The molecule has 0 saturated carbocycles. The van der Waals surface area contributed by atoms with E-state index < -0.39 is 5.41 Å². The van der Waals surface area contributed by atoms with Gasteiger partial charge in [-0.15, -0.1) is 0 Å². The van der Waals surface area contributed by atoms with Gasteiger partial charge in [0.05, 0.1) is 5.41 Å². The Kier molecular flexibility index (Phi) is 8.93. The summed E-state index contributed by atoms with van der Waals surface area (Å²) in [6.07, 6.45) is 6.76. The molecule has 2 atom stereocenters. The van der Waals surface area contributed by atoms with E-state index in [2.05, 4.69) is 224 Å². The molecule has 8 aromatic rings. The fraction of sp³-hybridized carbons (Fsp3) is 0.0545. The van der Waals surface area contributed by atoms with Crippen LogP contribution in [0.25, 0.3) is 33.4 Å². The fourth-order valence-corrected chi connectivity index (χ4v) is 9.04. The average Bonchev–Trinajstić information content (AvgIpc) is 3.82. The van der Waals surface area contributed by atoms with Gasteiger partial charge in [-0.25, -0.2) is 0 Å². The molecule has 2 unspecified atom stereocenters. The zero-order valence-corrected chi connectivity index (χ0v) is 31.5. The van der Waals surface area contributed by atoms with Gasteiger partial charge in [0.15, 0.2) is 0 Å². The SMILES string of the molecule is C1=CC2c3ccccc3OC2C(C2(c3ccc(Nc4ccc(-c5ccccc5)cc4)cc3)c3ccccc3-c3ccccc32)=C1.c1ccc(-c2ccccc2)cc1. The second-order valence-electron chi connectivity index (χ2n) is 14.8. The van der Waals surface area contributed by atoms with Gasteiger partial charge in [-0.1, -0.05) is 200 Å². The third kappa shape index (κ3) is 6.16. The van der Waals surface area contributed by atoms with E-state index in [1.54, 1.807) is 0 Å². The molecule has 0 aromatic heterocycles. The van der Waals surface area contributed by atoms with Gasteiger partial charge in [0, 0.05) is 22.9 Å². The van der Waals surface area contributed by atoms with Crippen LogP contribution < -0.4 is 10.1 Å². The van der Waals surface area contributed by atoms with Gasteiger partial charge in [-0.05, 0) is 86.0 Å². The molecule has 1 aliphatic heterocycles. The third-order valence-corrected chi connectivity index (χ3v) is 11.6. The van der Waals surface area contributed by atoms with Crippen LogP contribution in [0.4, 0.5) is 11.4 Å². The number of hydrogen-bond acceptors (Lipinski definition) is 2. The average molecular weight is 732 g/mol. The summed E-state index contributed by atoms with van der Waals surface area (Å²) < 4.78 is 6.82. The summed E-state index contributed by atoms with van der Waals surface area (Å²) in [6.45, 7) is 0. The first-order valence-corrected chi connectivity index (χ1v) is 19.7. The molecule has 0 saturated heterocycles. The van der Waals surface area contributed by atoms with Crippen molar-refractivity contribution in [2.24, 2.45) is 0 Å². The summed E-state index contributed by atoms with van der Waals surface area (Å²) in [7, 11) is 0. The summed E-state index contributed by atoms with van der Waals surface area (Å²) >= 11 is 0. The Balaban J connectivity index is 0.000000282. The normalized spacial score (nSPS) is 16.4. The lowest BCUT2D eigenvalue weighted by Gasteiger charge is -2.40. The van der Waals surface area contributed by atoms with Crippen molar-refractivity contribution in [3.8, 4) is 39.1 Å². The summed E-state index contributed by atoms with van der Waals surface area (Å²) in [4.78, 5) is 0. The minimum absolute atomic E-state index is 0.0902. The van der Waals surface area contributed by atoms with E-state index >= 15 is 0 Å². The van der Waals surface area contributed by atoms with E-state index in [0.717, 1.165) is 17.1 Å². The van der Waals surface area contributed by atoms with Gasteiger partial charge < -0.3 is 10.1 Å². The Morgan fingerprint density at radius 3 is 1.44 bits per heavy atom. The Morgan fingerprint density at radius 1 is 0.421 bits per heavy atom. The highest BCUT2D eigenvalue weighted by molar-refractivity contribution is 5.87. The predicted molar refractivity (Wildman–Crippen MR) is 236 cm³/mol. The van der Waals surface area contributed by atoms with E-state index in [4.69, 9.17) is 4.74 Å². The number of ether oxygens (including phenoxy) is 1. The Hall–Kier alpha value is -7.16. The van der Waals surface area contributed by atoms with Crippen LogP contribution in [-0.2, 0) is 5.41 Å². The van der Waals surface area contributed by atoms with Crippen molar-refractivity contribution >= 4 is 11.4 Å². The topological polar surface area (TPSA) is 21.3 Å². The zero-order chi connectivity index (χ0) is 38.0. The van der Waals surface area contributed by atoms with Crippen LogP contribution in [0.2, 0.25) is 0 Å². The number of hydrogen-bond donors (Lipinski definition) is 1. The fourth-order valence-electron chi connectivity index (χ4n) is 9.04. The molecule has 0 radical (unpaired) electrons. The van der Waals surface area contributed by atoms with Crippen LogP contribution in [0.1, 0.15) is 28.2 Å². The number of nitrogens with one attached hydrogen (secondary N) is 1. The molecule has 2 nitrogen and oxygen atoms in total. The second kappa shape index (κ2) is 14.8. The second-order valence-corrected chi connectivity index (χ2v) is 14.8. The van der Waals surface area contributed by atoms with Gasteiger partial charge >= 0.3 is 0 Å². The lowest BCUT2D eigenvalue weighted by molar-refractivity contribution is 0.242. The minimum Gasteiger partial charge on any atom is -0.485 e. The molecule has 2 heteroatoms. The molecule has 0 bridgehead atoms. The summed E-state index contributed by atoms with van der Waals surface area (Å²) in [5, 5.41) is 3.63. The van der Waals surface area contributed by atoms with Gasteiger partial charge in [0.1, 0.15) is 11.9 Å². The Bertz CT molecular complexity index is 2630. The van der Waals surface area contributed by atoms with Crippen molar-refractivity contribution in [1.82, 2.24) is 0 Å². The molecule has 8 aromatic carbocycles. The molecule has 0 amide bonds. The number of rotatable bonds is 6. The van der Waals surface area contributed by atoms with Crippen LogP contribution in [0.5, 0.6) is 5.75 Å². The van der Waals surface area contributed by atoms with Gasteiger partial charge in [-0.3, -0.25) is 0 Å². The molecule has 1 N–H and O–H groups in total. The number of fused-ring (bicyclic) bond motifs is 6. The molecule has 272 valence electrons. The number of allylic oxidation sites excluding steroid dienone is 2. The molecule has 0 spiro atoms. The lowest BCUT2D eigenvalue weighted by Crippen LogP contribution is -2.39. The minimum atomic E-state index is -0.487. The van der Waals surface area contributed by atoms with Crippen LogP contribution in [0, 0.1) is 0 Å². The van der Waals surface area contributed by atoms with E-state index in [1.807, 2.05) is 12.1 Å². The molecule has 57 heavy (non-hydrogen) atoms. The van der Waals surface area contributed by atoms with Crippen molar-refractivity contribution in [1.29, 1.82) is 0 Å². The lowest BCUT2D eigenvalue weighted by atomic mass is 9.63. The predicted octanol–water partition coefficient (Wildman–Crippen LogP) is 13.8. The Labute approximate surface area is 335 Å². The van der Waals surface area contributed by atoms with E-state index in [9.17, 15) is 0 Å². The zero-order valence-electron chi connectivity index (χ0n) is 31.5. The van der Waals surface area contributed by atoms with Crippen molar-refractivity contribution < 1.29 is 4.74 Å². The summed E-state index contributed by atoms with van der Waals surface area (Å²) in [6, 6.07) is 75.3. The summed E-state index contributed by atoms with van der Waals surface area (Å²) in [5.41, 5.74) is 15.6. The van der Waals surface area contributed by atoms with Crippen LogP contribution >= 0.6 is 0 Å². The summed E-state index contributed by atoms with van der Waals surface area (Å²) in [5.74, 6) is 1.16. The monoisotopic (exact) mass is 731 g/mol. The van der Waals surface area contributed by atoms with E-state index in [-0.39, 0.29) is 12.0 Å². The van der Waals surface area contributed by atoms with Gasteiger partial charge in [0.2, 0.25) is 0 Å². The quantitative estimate of drug-likeness (QED) is 0.184. The largest absolute Gasteiger partial charge is 0.485 e. The highest BCUT2D eigenvalue weighted by Gasteiger charge is 2.52. The molecule has 3 aliphatic rings. The van der Waals surface area contributed by atoms with Crippen molar-refractivity contribution in [2.45, 2.75) is 17.4 Å². The standard InChI is InChI=1S/C43H31NO.C12H10/c1-2-11-29(12-3-1)30-21-25-32(26-22-30)44-33-27-23-31(24-28-33)43(38-17-7-4-13-34(38)35-14-5-8-18-39(35)43)40-19-10-16-37-36-15-6-9-20-41(36)45-42(37)40;1-3-7-11(8-4-1)12-9-5-2-6-10-12/h1-28,37,42,44H;1-10H. The van der Waals surface area contributed by atoms with Crippen LogP contribution in [0.15, 0.2) is 236 Å². The van der Waals surface area contributed by atoms with Crippen molar-refractivity contribution in [2.75, 3.05) is 5.32 Å². The molecule has 2 aliphatic carbocycles. The molecule has 11 rings (SSSR count). The number of benzene rings is 8. The van der Waals surface area contributed by atoms with E-state index in [1.165, 1.54) is 61.2 Å². The first kappa shape index (κ1) is 34.3. The molecular weight excluding hydrogens is 691 g/mol. The van der Waals surface area contributed by atoms with Gasteiger partial charge in [-0.2, -0.15) is 0 Å². The number of para-hydroxylation sites is 1. The molecule has 1 heterocycles. The number of anilines is 2. The maximum Gasteiger partial charge on any atom is 0.132 e. The maximum atomic E-state index is 6.82. The maximum absolute atomic E-state index is 6.82. The highest BCUT2D eigenvalue weighted by Crippen LogP contribution is 2.60. The Morgan fingerprint density at radius 2 is 0.877 bits per heavy atom. The van der Waals surface area contributed by atoms with Crippen LogP contribution in [-0.4, -0.2) is 6.10 Å². The van der Waals surface area contributed by atoms with Crippen LogP contribution in [0.3, 0.4) is 0 Å². The van der Waals surface area contributed by atoms with E-state index in [0.29, 0.717) is 0 Å². The van der Waals surface area contributed by atoms with Crippen molar-refractivity contribution in [3.05, 3.63) is 258 Å².